The maximum absolute atomic E-state index is 12.1. The maximum atomic E-state index is 12.1. The summed E-state index contributed by atoms with van der Waals surface area (Å²) in [7, 11) is 0. The molecule has 1 aromatic carbocycles. The first kappa shape index (κ1) is 13.0. The zero-order valence-corrected chi connectivity index (χ0v) is 12.4. The van der Waals surface area contributed by atoms with E-state index in [9.17, 15) is 4.79 Å². The van der Waals surface area contributed by atoms with E-state index in [1.165, 1.54) is 0 Å². The second-order valence-electron chi connectivity index (χ2n) is 5.12. The van der Waals surface area contributed by atoms with Gasteiger partial charge in [-0.2, -0.15) is 5.10 Å². The molecule has 108 valence electrons. The fraction of sp³-hybridized carbons (Fsp3) is 0.0625. The monoisotopic (exact) mass is 310 g/mol. The Balaban J connectivity index is 2.05. The van der Waals surface area contributed by atoms with Gasteiger partial charge in [0.05, 0.1) is 16.6 Å². The van der Waals surface area contributed by atoms with E-state index in [0.717, 1.165) is 22.5 Å². The standard InChI is InChI=1S/C16H11ClN4O/c1-9-6-10(7-14(17)18-9)12-8-15-19-16(22)11-4-2-3-5-13(11)21(15)20-12/h2-8H,1H3,(H,19,22). The summed E-state index contributed by atoms with van der Waals surface area (Å²) in [5.74, 6) is 0. The quantitative estimate of drug-likeness (QED) is 0.549. The molecule has 0 amide bonds. The summed E-state index contributed by atoms with van der Waals surface area (Å²) in [4.78, 5) is 19.1. The van der Waals surface area contributed by atoms with Crippen LogP contribution in [0.15, 0.2) is 47.3 Å². The summed E-state index contributed by atoms with van der Waals surface area (Å²) in [6, 6.07) is 12.9. The first-order chi connectivity index (χ1) is 10.6. The molecule has 0 bridgehead atoms. The van der Waals surface area contributed by atoms with Crippen LogP contribution in [-0.2, 0) is 0 Å². The third-order valence-electron chi connectivity index (χ3n) is 3.55. The van der Waals surface area contributed by atoms with Gasteiger partial charge in [0.15, 0.2) is 0 Å². The first-order valence-electron chi connectivity index (χ1n) is 6.77. The highest BCUT2D eigenvalue weighted by atomic mass is 35.5. The summed E-state index contributed by atoms with van der Waals surface area (Å²) in [5.41, 5.74) is 3.70. The number of H-pyrrole nitrogens is 1. The predicted molar refractivity (Wildman–Crippen MR) is 86.3 cm³/mol. The van der Waals surface area contributed by atoms with Gasteiger partial charge >= 0.3 is 0 Å². The highest BCUT2D eigenvalue weighted by molar-refractivity contribution is 6.29. The second kappa shape index (κ2) is 4.68. The van der Waals surface area contributed by atoms with Crippen molar-refractivity contribution in [1.82, 2.24) is 19.6 Å². The molecule has 0 radical (unpaired) electrons. The minimum Gasteiger partial charge on any atom is -0.306 e. The number of nitrogens with zero attached hydrogens (tertiary/aromatic N) is 3. The molecule has 4 rings (SSSR count). The van der Waals surface area contributed by atoms with Crippen molar-refractivity contribution in [2.45, 2.75) is 6.92 Å². The van der Waals surface area contributed by atoms with Gasteiger partial charge in [-0.1, -0.05) is 23.7 Å². The van der Waals surface area contributed by atoms with Gasteiger partial charge < -0.3 is 4.98 Å². The summed E-state index contributed by atoms with van der Waals surface area (Å²) < 4.78 is 1.73. The molecule has 3 aromatic heterocycles. The Morgan fingerprint density at radius 3 is 2.82 bits per heavy atom. The highest BCUT2D eigenvalue weighted by Crippen LogP contribution is 2.23. The zero-order chi connectivity index (χ0) is 15.3. The van der Waals surface area contributed by atoms with E-state index in [-0.39, 0.29) is 5.56 Å². The summed E-state index contributed by atoms with van der Waals surface area (Å²) >= 11 is 6.02. The van der Waals surface area contributed by atoms with Crippen LogP contribution < -0.4 is 5.56 Å². The van der Waals surface area contributed by atoms with Crippen molar-refractivity contribution in [3.05, 3.63) is 63.7 Å². The lowest BCUT2D eigenvalue weighted by Gasteiger charge is -2.00. The Morgan fingerprint density at radius 1 is 1.18 bits per heavy atom. The molecule has 0 atom stereocenters. The van der Waals surface area contributed by atoms with Crippen molar-refractivity contribution >= 4 is 28.2 Å². The number of rotatable bonds is 1. The summed E-state index contributed by atoms with van der Waals surface area (Å²) in [5, 5.41) is 5.62. The highest BCUT2D eigenvalue weighted by Gasteiger charge is 2.10. The Labute approximate surface area is 130 Å². The van der Waals surface area contributed by atoms with Gasteiger partial charge in [0.1, 0.15) is 10.8 Å². The third kappa shape index (κ3) is 1.98. The van der Waals surface area contributed by atoms with Crippen LogP contribution in [-0.4, -0.2) is 19.6 Å². The molecule has 0 aliphatic heterocycles. The number of pyridine rings is 1. The number of aromatic nitrogens is 4. The number of hydrogen-bond acceptors (Lipinski definition) is 3. The Bertz CT molecular complexity index is 1060. The minimum absolute atomic E-state index is 0.126. The molecule has 0 unspecified atom stereocenters. The normalized spacial score (nSPS) is 11.4. The van der Waals surface area contributed by atoms with Crippen LogP contribution in [0.1, 0.15) is 5.69 Å². The molecular weight excluding hydrogens is 300 g/mol. The smallest absolute Gasteiger partial charge is 0.259 e. The van der Waals surface area contributed by atoms with Crippen molar-refractivity contribution in [3.8, 4) is 11.3 Å². The molecule has 6 heteroatoms. The molecule has 0 fully saturated rings. The number of aryl methyl sites for hydroxylation is 1. The fourth-order valence-corrected chi connectivity index (χ4v) is 2.86. The topological polar surface area (TPSA) is 63.0 Å². The van der Waals surface area contributed by atoms with E-state index in [1.54, 1.807) is 16.6 Å². The van der Waals surface area contributed by atoms with Crippen LogP contribution in [0.25, 0.3) is 27.8 Å². The molecular formula is C16H11ClN4O. The van der Waals surface area contributed by atoms with E-state index in [0.29, 0.717) is 16.2 Å². The number of para-hydroxylation sites is 1. The Kier molecular flexibility index (Phi) is 2.77. The lowest BCUT2D eigenvalue weighted by molar-refractivity contribution is 0.980. The summed E-state index contributed by atoms with van der Waals surface area (Å²) in [6.07, 6.45) is 0. The third-order valence-corrected chi connectivity index (χ3v) is 3.74. The minimum atomic E-state index is -0.126. The van der Waals surface area contributed by atoms with E-state index in [1.807, 2.05) is 37.3 Å². The molecule has 1 N–H and O–H groups in total. The number of fused-ring (bicyclic) bond motifs is 3. The molecule has 5 nitrogen and oxygen atoms in total. The van der Waals surface area contributed by atoms with E-state index in [4.69, 9.17) is 11.6 Å². The molecule has 3 heterocycles. The lowest BCUT2D eigenvalue weighted by atomic mass is 10.2. The number of aromatic amines is 1. The van der Waals surface area contributed by atoms with Crippen molar-refractivity contribution in [1.29, 1.82) is 0 Å². The van der Waals surface area contributed by atoms with Gasteiger partial charge in [0.2, 0.25) is 0 Å². The maximum Gasteiger partial charge on any atom is 0.259 e. The van der Waals surface area contributed by atoms with E-state index >= 15 is 0 Å². The fourth-order valence-electron chi connectivity index (χ4n) is 2.60. The van der Waals surface area contributed by atoms with Crippen LogP contribution in [0, 0.1) is 6.92 Å². The second-order valence-corrected chi connectivity index (χ2v) is 5.51. The van der Waals surface area contributed by atoms with Crippen LogP contribution in [0.5, 0.6) is 0 Å². The largest absolute Gasteiger partial charge is 0.306 e. The zero-order valence-electron chi connectivity index (χ0n) is 11.7. The lowest BCUT2D eigenvalue weighted by Crippen LogP contribution is -2.09. The predicted octanol–water partition coefficient (Wildman–Crippen LogP) is 3.20. The van der Waals surface area contributed by atoms with Crippen molar-refractivity contribution in [3.63, 3.8) is 0 Å². The Morgan fingerprint density at radius 2 is 2.00 bits per heavy atom. The first-order valence-corrected chi connectivity index (χ1v) is 7.15. The van der Waals surface area contributed by atoms with Gasteiger partial charge in [-0.05, 0) is 31.2 Å². The van der Waals surface area contributed by atoms with E-state index < -0.39 is 0 Å². The van der Waals surface area contributed by atoms with E-state index in [2.05, 4.69) is 15.1 Å². The van der Waals surface area contributed by atoms with Gasteiger partial charge in [0.25, 0.3) is 5.56 Å². The van der Waals surface area contributed by atoms with Crippen LogP contribution in [0.3, 0.4) is 0 Å². The van der Waals surface area contributed by atoms with Crippen molar-refractivity contribution < 1.29 is 0 Å². The number of halogens is 1. The van der Waals surface area contributed by atoms with Crippen LogP contribution >= 0.6 is 11.6 Å². The van der Waals surface area contributed by atoms with Crippen molar-refractivity contribution in [2.24, 2.45) is 0 Å². The molecule has 0 aliphatic rings. The van der Waals surface area contributed by atoms with Gasteiger partial charge in [0, 0.05) is 17.3 Å². The molecule has 22 heavy (non-hydrogen) atoms. The molecule has 4 aromatic rings. The Hall–Kier alpha value is -2.66. The molecule has 0 saturated carbocycles. The SMILES string of the molecule is Cc1cc(-c2cc3[nH]c(=O)c4ccccc4n3n2)cc(Cl)n1. The van der Waals surface area contributed by atoms with Crippen molar-refractivity contribution in [2.75, 3.05) is 0 Å². The summed E-state index contributed by atoms with van der Waals surface area (Å²) in [6.45, 7) is 1.88. The number of benzene rings is 1. The number of nitrogens with one attached hydrogen (secondary N) is 1. The van der Waals surface area contributed by atoms with Gasteiger partial charge in [-0.15, -0.1) is 0 Å². The average Bonchev–Trinajstić information content (AvgIpc) is 2.91. The molecule has 0 aliphatic carbocycles. The van der Waals surface area contributed by atoms with Gasteiger partial charge in [-0.25, -0.2) is 9.50 Å². The molecule has 0 saturated heterocycles. The van der Waals surface area contributed by atoms with Crippen LogP contribution in [0.4, 0.5) is 0 Å². The number of hydrogen-bond donors (Lipinski definition) is 1. The van der Waals surface area contributed by atoms with Gasteiger partial charge in [-0.3, -0.25) is 4.79 Å². The average molecular weight is 311 g/mol. The molecule has 0 spiro atoms. The van der Waals surface area contributed by atoms with Crippen LogP contribution in [0.2, 0.25) is 5.15 Å².